The summed E-state index contributed by atoms with van der Waals surface area (Å²) in [7, 11) is 0. The van der Waals surface area contributed by atoms with Crippen molar-refractivity contribution in [3.63, 3.8) is 0 Å². The van der Waals surface area contributed by atoms with Crippen LogP contribution in [-0.4, -0.2) is 32.0 Å². The number of hydrogen-bond donors (Lipinski definition) is 0. The van der Waals surface area contributed by atoms with Crippen molar-refractivity contribution in [3.8, 4) is 0 Å². The Morgan fingerprint density at radius 1 is 1.26 bits per heavy atom. The van der Waals surface area contributed by atoms with E-state index in [1.807, 2.05) is 18.2 Å². The van der Waals surface area contributed by atoms with Crippen molar-refractivity contribution in [1.82, 2.24) is 0 Å². The number of hydrogen-bond acceptors (Lipinski definition) is 4. The highest BCUT2D eigenvalue weighted by Crippen LogP contribution is 2.29. The predicted molar refractivity (Wildman–Crippen MR) is 90.9 cm³/mol. The van der Waals surface area contributed by atoms with Crippen molar-refractivity contribution in [3.05, 3.63) is 42.0 Å². The summed E-state index contributed by atoms with van der Waals surface area (Å²) in [6.45, 7) is 4.65. The molecule has 1 fully saturated rings. The van der Waals surface area contributed by atoms with Gasteiger partial charge in [-0.1, -0.05) is 18.2 Å². The maximum atomic E-state index is 11.5. The minimum atomic E-state index is 0.0934. The third kappa shape index (κ3) is 3.52. The lowest BCUT2D eigenvalue weighted by molar-refractivity contribution is -0.129. The van der Waals surface area contributed by atoms with E-state index in [9.17, 15) is 9.59 Å². The van der Waals surface area contributed by atoms with E-state index >= 15 is 0 Å². The first-order valence-corrected chi connectivity index (χ1v) is 8.02. The number of nitrogens with zero attached hydrogens (tertiary/aromatic N) is 1. The molecule has 1 aliphatic heterocycles. The van der Waals surface area contributed by atoms with E-state index in [-0.39, 0.29) is 5.78 Å². The Morgan fingerprint density at radius 2 is 2.04 bits per heavy atom. The predicted octanol–water partition coefficient (Wildman–Crippen LogP) is 3.43. The fourth-order valence-corrected chi connectivity index (χ4v) is 3.23. The third-order valence-electron chi connectivity index (χ3n) is 4.59. The molecule has 1 atom stereocenters. The Hall–Kier alpha value is -2.36. The number of fused-ring (bicyclic) bond motifs is 1. The molecule has 0 amide bonds. The highest BCUT2D eigenvalue weighted by Gasteiger charge is 2.22. The number of carbonyl (C=O) groups excluding carboxylic acids is 2. The van der Waals surface area contributed by atoms with E-state index in [4.69, 9.17) is 4.74 Å². The van der Waals surface area contributed by atoms with Crippen LogP contribution in [0, 0.1) is 5.92 Å². The van der Waals surface area contributed by atoms with Gasteiger partial charge in [-0.2, -0.15) is 0 Å². The molecule has 2 aromatic carbocycles. The lowest BCUT2D eigenvalue weighted by atomic mass is 10.0. The lowest BCUT2D eigenvalue weighted by Crippen LogP contribution is -2.19. The van der Waals surface area contributed by atoms with Gasteiger partial charge in [0.25, 0.3) is 6.47 Å². The molecule has 0 radical (unpaired) electrons. The zero-order chi connectivity index (χ0) is 16.2. The SMILES string of the molecule is CC(=O)c1ccc2cc(N3CCC(CCOC=O)C3)ccc2c1. The van der Waals surface area contributed by atoms with Gasteiger partial charge in [0.2, 0.25) is 0 Å². The molecule has 1 aliphatic rings. The first-order chi connectivity index (χ1) is 11.2. The van der Waals surface area contributed by atoms with Gasteiger partial charge in [0, 0.05) is 24.3 Å². The summed E-state index contributed by atoms with van der Waals surface area (Å²) in [6.07, 6.45) is 2.05. The quantitative estimate of drug-likeness (QED) is 0.466. The van der Waals surface area contributed by atoms with Gasteiger partial charge < -0.3 is 9.64 Å². The Labute approximate surface area is 136 Å². The normalized spacial score (nSPS) is 17.4. The van der Waals surface area contributed by atoms with Crippen molar-refractivity contribution in [1.29, 1.82) is 0 Å². The minimum Gasteiger partial charge on any atom is -0.468 e. The zero-order valence-electron chi connectivity index (χ0n) is 13.3. The summed E-state index contributed by atoms with van der Waals surface area (Å²) >= 11 is 0. The van der Waals surface area contributed by atoms with Crippen molar-refractivity contribution in [2.45, 2.75) is 19.8 Å². The van der Waals surface area contributed by atoms with Gasteiger partial charge in [0.05, 0.1) is 6.61 Å². The molecule has 1 saturated heterocycles. The Kier molecular flexibility index (Phi) is 4.60. The van der Waals surface area contributed by atoms with Crippen LogP contribution < -0.4 is 4.90 Å². The number of rotatable bonds is 6. The van der Waals surface area contributed by atoms with Gasteiger partial charge in [-0.15, -0.1) is 0 Å². The number of anilines is 1. The van der Waals surface area contributed by atoms with E-state index in [1.54, 1.807) is 6.92 Å². The van der Waals surface area contributed by atoms with Crippen molar-refractivity contribution in [2.75, 3.05) is 24.6 Å². The molecule has 1 unspecified atom stereocenters. The summed E-state index contributed by atoms with van der Waals surface area (Å²) in [5.41, 5.74) is 1.97. The molecular weight excluding hydrogens is 290 g/mol. The fraction of sp³-hybridized carbons (Fsp3) is 0.368. The Bertz CT molecular complexity index is 726. The Balaban J connectivity index is 1.72. The number of ketones is 1. The maximum absolute atomic E-state index is 11.5. The van der Waals surface area contributed by atoms with Gasteiger partial charge in [-0.3, -0.25) is 9.59 Å². The maximum Gasteiger partial charge on any atom is 0.293 e. The smallest absolute Gasteiger partial charge is 0.293 e. The lowest BCUT2D eigenvalue weighted by Gasteiger charge is -2.19. The third-order valence-corrected chi connectivity index (χ3v) is 4.59. The van der Waals surface area contributed by atoms with Crippen molar-refractivity contribution >= 4 is 28.7 Å². The molecule has 1 heterocycles. The molecule has 0 aliphatic carbocycles. The second kappa shape index (κ2) is 6.82. The molecule has 3 rings (SSSR count). The van der Waals surface area contributed by atoms with E-state index in [0.29, 0.717) is 19.0 Å². The van der Waals surface area contributed by atoms with Gasteiger partial charge in [0.15, 0.2) is 5.78 Å². The number of ether oxygens (including phenoxy) is 1. The first kappa shape index (κ1) is 15.5. The summed E-state index contributed by atoms with van der Waals surface area (Å²) in [5.74, 6) is 0.668. The molecular formula is C19H21NO3. The van der Waals surface area contributed by atoms with Crippen LogP contribution >= 0.6 is 0 Å². The van der Waals surface area contributed by atoms with Gasteiger partial charge in [0.1, 0.15) is 0 Å². The van der Waals surface area contributed by atoms with Crippen molar-refractivity contribution < 1.29 is 14.3 Å². The Morgan fingerprint density at radius 3 is 2.83 bits per heavy atom. The zero-order valence-corrected chi connectivity index (χ0v) is 13.3. The topological polar surface area (TPSA) is 46.6 Å². The van der Waals surface area contributed by atoms with Crippen LogP contribution in [0.25, 0.3) is 10.8 Å². The van der Waals surface area contributed by atoms with Crippen LogP contribution in [0.5, 0.6) is 0 Å². The molecule has 0 aromatic heterocycles. The van der Waals surface area contributed by atoms with E-state index in [1.165, 1.54) is 5.69 Å². The molecule has 0 saturated carbocycles. The van der Waals surface area contributed by atoms with Crippen LogP contribution in [0.4, 0.5) is 5.69 Å². The van der Waals surface area contributed by atoms with E-state index < -0.39 is 0 Å². The van der Waals surface area contributed by atoms with Crippen molar-refractivity contribution in [2.24, 2.45) is 5.92 Å². The summed E-state index contributed by atoms with van der Waals surface area (Å²) in [5, 5.41) is 2.25. The summed E-state index contributed by atoms with van der Waals surface area (Å²) < 4.78 is 4.80. The fourth-order valence-electron chi connectivity index (χ4n) is 3.23. The molecule has 4 nitrogen and oxygen atoms in total. The van der Waals surface area contributed by atoms with Gasteiger partial charge >= 0.3 is 0 Å². The van der Waals surface area contributed by atoms with Crippen LogP contribution in [0.2, 0.25) is 0 Å². The molecule has 0 spiro atoms. The number of Topliss-reactive ketones (excluding diaryl/α,β-unsaturated/α-hetero) is 1. The number of carbonyl (C=O) groups is 2. The summed E-state index contributed by atoms with van der Waals surface area (Å²) in [6, 6.07) is 12.2. The van der Waals surface area contributed by atoms with Gasteiger partial charge in [-0.25, -0.2) is 0 Å². The molecule has 0 N–H and O–H groups in total. The monoisotopic (exact) mass is 311 g/mol. The van der Waals surface area contributed by atoms with Crippen LogP contribution in [0.1, 0.15) is 30.1 Å². The van der Waals surface area contributed by atoms with Gasteiger partial charge in [-0.05, 0) is 54.7 Å². The minimum absolute atomic E-state index is 0.0934. The largest absolute Gasteiger partial charge is 0.468 e. The molecule has 120 valence electrons. The second-order valence-corrected chi connectivity index (χ2v) is 6.16. The van der Waals surface area contributed by atoms with Crippen LogP contribution in [0.3, 0.4) is 0 Å². The van der Waals surface area contributed by atoms with E-state index in [2.05, 4.69) is 23.1 Å². The highest BCUT2D eigenvalue weighted by atomic mass is 16.5. The number of benzene rings is 2. The average molecular weight is 311 g/mol. The molecule has 2 aromatic rings. The van der Waals surface area contributed by atoms with Crippen LogP contribution in [-0.2, 0) is 9.53 Å². The average Bonchev–Trinajstić information content (AvgIpc) is 3.03. The molecule has 4 heteroatoms. The molecule has 23 heavy (non-hydrogen) atoms. The van der Waals surface area contributed by atoms with Crippen LogP contribution in [0.15, 0.2) is 36.4 Å². The first-order valence-electron chi connectivity index (χ1n) is 8.02. The van der Waals surface area contributed by atoms with E-state index in [0.717, 1.165) is 42.3 Å². The standard InChI is InChI=1S/C19H21NO3/c1-14(22)16-2-3-18-11-19(5-4-17(18)10-16)20-8-6-15(12-20)7-9-23-13-21/h2-5,10-11,13,15H,6-9,12H2,1H3. The highest BCUT2D eigenvalue weighted by molar-refractivity contribution is 5.99. The second-order valence-electron chi connectivity index (χ2n) is 6.16. The molecule has 0 bridgehead atoms. The summed E-state index contributed by atoms with van der Waals surface area (Å²) in [4.78, 5) is 24.0.